The average Bonchev–Trinajstić information content (AvgIpc) is 2.19. The highest BCUT2D eigenvalue weighted by Crippen LogP contribution is 2.26. The number of rotatable bonds is 8. The molecule has 3 heteroatoms. The van der Waals surface area contributed by atoms with Gasteiger partial charge in [-0.1, -0.05) is 34.6 Å². The summed E-state index contributed by atoms with van der Waals surface area (Å²) in [6.07, 6.45) is 1.14. The lowest BCUT2D eigenvalue weighted by Crippen LogP contribution is -2.38. The van der Waals surface area contributed by atoms with E-state index in [1.54, 1.807) is 7.11 Å². The Morgan fingerprint density at radius 1 is 1.31 bits per heavy atom. The van der Waals surface area contributed by atoms with Crippen molar-refractivity contribution < 1.29 is 4.74 Å². The molecular weight excluding hydrogens is 218 g/mol. The standard InChI is InChI=1S/C13H29NOS/c1-7-14-12(10-16-13(3,4)5)11(2)8-9-15-6/h11-12,14H,7-10H2,1-6H3. The molecule has 0 aliphatic heterocycles. The second-order valence-corrected chi connectivity index (χ2v) is 7.19. The predicted octanol–water partition coefficient (Wildman–Crippen LogP) is 3.17. The van der Waals surface area contributed by atoms with Gasteiger partial charge in [0.25, 0.3) is 0 Å². The van der Waals surface area contributed by atoms with Crippen LogP contribution in [0.15, 0.2) is 0 Å². The fourth-order valence-electron chi connectivity index (χ4n) is 1.53. The summed E-state index contributed by atoms with van der Waals surface area (Å²) in [6, 6.07) is 0.601. The molecule has 0 saturated heterocycles. The molecule has 0 rings (SSSR count). The number of nitrogens with one attached hydrogen (secondary N) is 1. The molecule has 0 bridgehead atoms. The van der Waals surface area contributed by atoms with Gasteiger partial charge in [-0.05, 0) is 18.9 Å². The second-order valence-electron chi connectivity index (χ2n) is 5.35. The maximum absolute atomic E-state index is 5.15. The normalized spacial score (nSPS) is 16.1. The lowest BCUT2D eigenvalue weighted by Gasteiger charge is -2.28. The molecule has 1 N–H and O–H groups in total. The van der Waals surface area contributed by atoms with Gasteiger partial charge in [-0.2, -0.15) is 11.8 Å². The topological polar surface area (TPSA) is 21.3 Å². The molecule has 0 aromatic rings. The Balaban J connectivity index is 4.04. The van der Waals surface area contributed by atoms with Crippen LogP contribution < -0.4 is 5.32 Å². The van der Waals surface area contributed by atoms with Crippen LogP contribution in [0.2, 0.25) is 0 Å². The molecule has 0 aromatic heterocycles. The van der Waals surface area contributed by atoms with Crippen LogP contribution in [0.5, 0.6) is 0 Å². The zero-order valence-electron chi connectivity index (χ0n) is 11.8. The molecular formula is C13H29NOS. The quantitative estimate of drug-likeness (QED) is 0.712. The predicted molar refractivity (Wildman–Crippen MR) is 75.3 cm³/mol. The van der Waals surface area contributed by atoms with E-state index in [4.69, 9.17) is 4.74 Å². The highest BCUT2D eigenvalue weighted by Gasteiger charge is 2.19. The van der Waals surface area contributed by atoms with Crippen LogP contribution in [0.1, 0.15) is 41.0 Å². The summed E-state index contributed by atoms with van der Waals surface area (Å²) in [7, 11) is 1.78. The molecule has 0 saturated carbocycles. The molecule has 0 heterocycles. The van der Waals surface area contributed by atoms with Gasteiger partial charge in [0.2, 0.25) is 0 Å². The van der Waals surface area contributed by atoms with Crippen molar-refractivity contribution in [1.82, 2.24) is 5.32 Å². The Kier molecular flexibility index (Phi) is 8.52. The zero-order valence-corrected chi connectivity index (χ0v) is 12.6. The second kappa shape index (κ2) is 8.37. The minimum atomic E-state index is 0.356. The maximum atomic E-state index is 5.15. The average molecular weight is 247 g/mol. The van der Waals surface area contributed by atoms with E-state index in [2.05, 4.69) is 39.9 Å². The van der Waals surface area contributed by atoms with E-state index in [9.17, 15) is 0 Å². The molecule has 2 atom stereocenters. The molecule has 2 unspecified atom stereocenters. The van der Waals surface area contributed by atoms with Crippen LogP contribution >= 0.6 is 11.8 Å². The third-order valence-electron chi connectivity index (χ3n) is 2.63. The van der Waals surface area contributed by atoms with E-state index < -0.39 is 0 Å². The first-order chi connectivity index (χ1) is 7.40. The van der Waals surface area contributed by atoms with E-state index in [0.717, 1.165) is 19.6 Å². The van der Waals surface area contributed by atoms with Crippen molar-refractivity contribution in [3.8, 4) is 0 Å². The fraction of sp³-hybridized carbons (Fsp3) is 1.00. The number of hydrogen-bond acceptors (Lipinski definition) is 3. The molecule has 98 valence electrons. The molecule has 0 radical (unpaired) electrons. The van der Waals surface area contributed by atoms with Crippen LogP contribution in [0.3, 0.4) is 0 Å². The van der Waals surface area contributed by atoms with Crippen molar-refractivity contribution in [2.75, 3.05) is 26.0 Å². The number of thioether (sulfide) groups is 1. The minimum Gasteiger partial charge on any atom is -0.385 e. The monoisotopic (exact) mass is 247 g/mol. The Hall–Kier alpha value is 0.270. The van der Waals surface area contributed by atoms with Gasteiger partial charge in [0.1, 0.15) is 0 Å². The third-order valence-corrected chi connectivity index (χ3v) is 4.02. The Morgan fingerprint density at radius 3 is 2.38 bits per heavy atom. The number of hydrogen-bond donors (Lipinski definition) is 1. The van der Waals surface area contributed by atoms with Crippen LogP contribution in [0.25, 0.3) is 0 Å². The van der Waals surface area contributed by atoms with Crippen molar-refractivity contribution in [2.24, 2.45) is 5.92 Å². The van der Waals surface area contributed by atoms with E-state index in [1.165, 1.54) is 5.75 Å². The third kappa shape index (κ3) is 8.43. The molecule has 0 spiro atoms. The van der Waals surface area contributed by atoms with Gasteiger partial charge in [-0.3, -0.25) is 0 Å². The number of ether oxygens (including phenoxy) is 1. The van der Waals surface area contributed by atoms with Gasteiger partial charge in [-0.25, -0.2) is 0 Å². The zero-order chi connectivity index (χ0) is 12.6. The first-order valence-electron chi connectivity index (χ1n) is 6.27. The summed E-state index contributed by atoms with van der Waals surface area (Å²) in [5, 5.41) is 3.59. The Labute approximate surface area is 106 Å². The van der Waals surface area contributed by atoms with Crippen molar-refractivity contribution in [1.29, 1.82) is 0 Å². The van der Waals surface area contributed by atoms with Crippen LogP contribution in [-0.4, -0.2) is 36.8 Å². The van der Waals surface area contributed by atoms with Gasteiger partial charge in [0, 0.05) is 30.3 Å². The summed E-state index contributed by atoms with van der Waals surface area (Å²) >= 11 is 2.04. The van der Waals surface area contributed by atoms with Crippen molar-refractivity contribution in [3.63, 3.8) is 0 Å². The van der Waals surface area contributed by atoms with Gasteiger partial charge < -0.3 is 10.1 Å². The van der Waals surface area contributed by atoms with Gasteiger partial charge in [-0.15, -0.1) is 0 Å². The summed E-state index contributed by atoms with van der Waals surface area (Å²) in [5.74, 6) is 1.86. The molecule has 0 fully saturated rings. The SMILES string of the molecule is CCNC(CSC(C)(C)C)C(C)CCOC. The van der Waals surface area contributed by atoms with Crippen molar-refractivity contribution in [2.45, 2.75) is 51.8 Å². The molecule has 0 aliphatic rings. The van der Waals surface area contributed by atoms with Gasteiger partial charge in [0.05, 0.1) is 0 Å². The molecule has 0 aliphatic carbocycles. The number of methoxy groups -OCH3 is 1. The first kappa shape index (κ1) is 16.3. The summed E-state index contributed by atoms with van der Waals surface area (Å²) in [5.41, 5.74) is 0. The molecule has 0 aromatic carbocycles. The lowest BCUT2D eigenvalue weighted by atomic mass is 10.0. The van der Waals surface area contributed by atoms with Crippen LogP contribution in [0, 0.1) is 5.92 Å². The summed E-state index contributed by atoms with van der Waals surface area (Å²) in [4.78, 5) is 0. The lowest BCUT2D eigenvalue weighted by molar-refractivity contribution is 0.172. The van der Waals surface area contributed by atoms with E-state index in [1.807, 2.05) is 11.8 Å². The maximum Gasteiger partial charge on any atom is 0.0465 e. The van der Waals surface area contributed by atoms with Crippen LogP contribution in [-0.2, 0) is 4.74 Å². The van der Waals surface area contributed by atoms with Crippen molar-refractivity contribution >= 4 is 11.8 Å². The highest BCUT2D eigenvalue weighted by atomic mass is 32.2. The minimum absolute atomic E-state index is 0.356. The molecule has 2 nitrogen and oxygen atoms in total. The van der Waals surface area contributed by atoms with Crippen LogP contribution in [0.4, 0.5) is 0 Å². The summed E-state index contributed by atoms with van der Waals surface area (Å²) in [6.45, 7) is 13.2. The molecule has 16 heavy (non-hydrogen) atoms. The fourth-order valence-corrected chi connectivity index (χ4v) is 2.66. The Bertz CT molecular complexity index is 168. The van der Waals surface area contributed by atoms with Gasteiger partial charge >= 0.3 is 0 Å². The van der Waals surface area contributed by atoms with E-state index >= 15 is 0 Å². The van der Waals surface area contributed by atoms with Gasteiger partial charge in [0.15, 0.2) is 0 Å². The summed E-state index contributed by atoms with van der Waals surface area (Å²) < 4.78 is 5.51. The van der Waals surface area contributed by atoms with E-state index in [-0.39, 0.29) is 0 Å². The largest absolute Gasteiger partial charge is 0.385 e. The Morgan fingerprint density at radius 2 is 1.94 bits per heavy atom. The molecule has 0 amide bonds. The van der Waals surface area contributed by atoms with E-state index in [0.29, 0.717) is 16.7 Å². The highest BCUT2D eigenvalue weighted by molar-refractivity contribution is 8.00. The first-order valence-corrected chi connectivity index (χ1v) is 7.25. The van der Waals surface area contributed by atoms with Crippen molar-refractivity contribution in [3.05, 3.63) is 0 Å². The smallest absolute Gasteiger partial charge is 0.0465 e.